The smallest absolute Gasteiger partial charge is 0.169 e. The molecule has 0 aliphatic heterocycles. The van der Waals surface area contributed by atoms with Gasteiger partial charge in [0.15, 0.2) is 12.4 Å². The standard InChI is InChI=1S/C33H62N/c1-3-5-7-9-11-13-15-16-17-18-19-21-23-25-27-33-28-31-34(32-29-33)30-26-24-22-20-14-12-10-8-6-4-2/h28-29,31-32H,3-27,30H2,1-2H3/q+1. The first-order valence-electron chi connectivity index (χ1n) is 15.8. The number of pyridine rings is 1. The van der Waals surface area contributed by atoms with Crippen LogP contribution in [0.15, 0.2) is 24.5 Å². The second kappa shape index (κ2) is 25.2. The summed E-state index contributed by atoms with van der Waals surface area (Å²) in [6, 6.07) is 4.72. The fourth-order valence-corrected chi connectivity index (χ4v) is 5.11. The van der Waals surface area contributed by atoms with Gasteiger partial charge in [0.25, 0.3) is 0 Å². The van der Waals surface area contributed by atoms with E-state index in [2.05, 4.69) is 42.9 Å². The number of nitrogens with zero attached hydrogens (tertiary/aromatic N) is 1. The molecule has 1 heterocycles. The van der Waals surface area contributed by atoms with E-state index in [-0.39, 0.29) is 0 Å². The number of rotatable bonds is 26. The van der Waals surface area contributed by atoms with Gasteiger partial charge in [-0.25, -0.2) is 4.57 Å². The van der Waals surface area contributed by atoms with Crippen LogP contribution in [0.25, 0.3) is 0 Å². The van der Waals surface area contributed by atoms with Gasteiger partial charge in [-0.05, 0) is 24.8 Å². The Morgan fingerprint density at radius 2 is 0.735 bits per heavy atom. The first-order valence-corrected chi connectivity index (χ1v) is 15.8. The van der Waals surface area contributed by atoms with Crippen LogP contribution in [0.2, 0.25) is 0 Å². The highest BCUT2D eigenvalue weighted by molar-refractivity contribution is 5.07. The average molecular weight is 473 g/mol. The largest absolute Gasteiger partial charge is 0.205 e. The minimum atomic E-state index is 1.19. The van der Waals surface area contributed by atoms with E-state index in [0.29, 0.717) is 0 Å². The molecule has 198 valence electrons. The molecular formula is C33H62N+. The summed E-state index contributed by atoms with van der Waals surface area (Å²) in [6.07, 6.45) is 40.2. The molecule has 1 rings (SSSR count). The Morgan fingerprint density at radius 1 is 0.412 bits per heavy atom. The molecule has 0 aliphatic carbocycles. The van der Waals surface area contributed by atoms with Crippen molar-refractivity contribution in [2.45, 2.75) is 181 Å². The van der Waals surface area contributed by atoms with E-state index >= 15 is 0 Å². The third-order valence-electron chi connectivity index (χ3n) is 7.55. The lowest BCUT2D eigenvalue weighted by atomic mass is 10.0. The van der Waals surface area contributed by atoms with Crippen LogP contribution in [0.4, 0.5) is 0 Å². The molecule has 0 saturated heterocycles. The molecule has 0 N–H and O–H groups in total. The fourth-order valence-electron chi connectivity index (χ4n) is 5.11. The highest BCUT2D eigenvalue weighted by Gasteiger charge is 2.02. The second-order valence-electron chi connectivity index (χ2n) is 11.0. The minimum Gasteiger partial charge on any atom is -0.205 e. The number of hydrogen-bond donors (Lipinski definition) is 0. The first kappa shape index (κ1) is 31.2. The molecule has 0 fully saturated rings. The van der Waals surface area contributed by atoms with Crippen LogP contribution < -0.4 is 4.57 Å². The molecule has 34 heavy (non-hydrogen) atoms. The van der Waals surface area contributed by atoms with Crippen LogP contribution in [0, 0.1) is 0 Å². The Hall–Kier alpha value is -0.850. The zero-order chi connectivity index (χ0) is 24.4. The summed E-state index contributed by atoms with van der Waals surface area (Å²) in [4.78, 5) is 0. The number of aryl methyl sites for hydroxylation is 2. The van der Waals surface area contributed by atoms with Gasteiger partial charge >= 0.3 is 0 Å². The normalized spacial score (nSPS) is 11.4. The van der Waals surface area contributed by atoms with E-state index in [0.717, 1.165) is 0 Å². The number of hydrogen-bond acceptors (Lipinski definition) is 0. The molecule has 0 atom stereocenters. The van der Waals surface area contributed by atoms with Crippen molar-refractivity contribution < 1.29 is 4.57 Å². The summed E-state index contributed by atoms with van der Waals surface area (Å²) in [5, 5.41) is 0. The highest BCUT2D eigenvalue weighted by Crippen LogP contribution is 2.14. The third kappa shape index (κ3) is 20.5. The lowest BCUT2D eigenvalue weighted by Gasteiger charge is -2.04. The van der Waals surface area contributed by atoms with Crippen molar-refractivity contribution in [1.82, 2.24) is 0 Å². The predicted molar refractivity (Wildman–Crippen MR) is 152 cm³/mol. The van der Waals surface area contributed by atoms with Crippen LogP contribution in [-0.4, -0.2) is 0 Å². The monoisotopic (exact) mass is 472 g/mol. The Kier molecular flexibility index (Phi) is 23.2. The molecule has 1 nitrogen and oxygen atoms in total. The molecule has 0 amide bonds. The van der Waals surface area contributed by atoms with Crippen molar-refractivity contribution in [1.29, 1.82) is 0 Å². The molecule has 0 bridgehead atoms. The van der Waals surface area contributed by atoms with Crippen molar-refractivity contribution in [2.24, 2.45) is 0 Å². The third-order valence-corrected chi connectivity index (χ3v) is 7.55. The van der Waals surface area contributed by atoms with Crippen molar-refractivity contribution >= 4 is 0 Å². The van der Waals surface area contributed by atoms with Crippen LogP contribution in [-0.2, 0) is 13.0 Å². The average Bonchev–Trinajstić information content (AvgIpc) is 2.86. The van der Waals surface area contributed by atoms with Crippen LogP contribution in [0.5, 0.6) is 0 Å². The van der Waals surface area contributed by atoms with E-state index in [9.17, 15) is 0 Å². The summed E-state index contributed by atoms with van der Waals surface area (Å²) >= 11 is 0. The van der Waals surface area contributed by atoms with Crippen molar-refractivity contribution in [2.75, 3.05) is 0 Å². The van der Waals surface area contributed by atoms with Gasteiger partial charge in [0, 0.05) is 18.6 Å². The lowest BCUT2D eigenvalue weighted by molar-refractivity contribution is -0.697. The van der Waals surface area contributed by atoms with Crippen LogP contribution in [0.3, 0.4) is 0 Å². The Labute approximate surface area is 215 Å². The van der Waals surface area contributed by atoms with Crippen LogP contribution >= 0.6 is 0 Å². The topological polar surface area (TPSA) is 3.88 Å². The van der Waals surface area contributed by atoms with Gasteiger partial charge in [-0.1, -0.05) is 149 Å². The molecule has 1 aromatic heterocycles. The Morgan fingerprint density at radius 3 is 1.12 bits per heavy atom. The van der Waals surface area contributed by atoms with Crippen molar-refractivity contribution in [3.8, 4) is 0 Å². The van der Waals surface area contributed by atoms with Gasteiger partial charge in [-0.15, -0.1) is 0 Å². The minimum absolute atomic E-state index is 1.19. The number of unbranched alkanes of at least 4 members (excludes halogenated alkanes) is 22. The zero-order valence-corrected chi connectivity index (χ0v) is 23.6. The maximum Gasteiger partial charge on any atom is 0.169 e. The first-order chi connectivity index (χ1) is 16.9. The molecule has 0 saturated carbocycles. The Balaban J connectivity index is 1.86. The van der Waals surface area contributed by atoms with Gasteiger partial charge in [-0.3, -0.25) is 0 Å². The van der Waals surface area contributed by atoms with Gasteiger partial charge in [0.2, 0.25) is 0 Å². The molecular weight excluding hydrogens is 410 g/mol. The van der Waals surface area contributed by atoms with E-state index in [1.54, 1.807) is 0 Å². The number of aromatic nitrogens is 1. The quantitative estimate of drug-likeness (QED) is 0.0932. The maximum absolute atomic E-state index is 2.39. The maximum atomic E-state index is 2.39. The summed E-state index contributed by atoms with van der Waals surface area (Å²) in [7, 11) is 0. The summed E-state index contributed by atoms with van der Waals surface area (Å²) < 4.78 is 2.39. The van der Waals surface area contributed by atoms with E-state index in [1.807, 2.05) is 0 Å². The molecule has 0 unspecified atom stereocenters. The molecule has 0 aromatic carbocycles. The van der Waals surface area contributed by atoms with Crippen molar-refractivity contribution in [3.05, 3.63) is 30.1 Å². The summed E-state index contributed by atoms with van der Waals surface area (Å²) in [5.41, 5.74) is 1.53. The van der Waals surface area contributed by atoms with Gasteiger partial charge < -0.3 is 0 Å². The summed E-state index contributed by atoms with van der Waals surface area (Å²) in [5.74, 6) is 0. The predicted octanol–water partition coefficient (Wildman–Crippen LogP) is 10.9. The SMILES string of the molecule is CCCCCCCCCCCCCCCCc1cc[n+](CCCCCCCCCCCC)cc1. The second-order valence-corrected chi connectivity index (χ2v) is 11.0. The fraction of sp³-hybridized carbons (Fsp3) is 0.848. The molecule has 0 aliphatic rings. The molecule has 1 heteroatoms. The Bertz CT molecular complexity index is 506. The van der Waals surface area contributed by atoms with E-state index in [4.69, 9.17) is 0 Å². The molecule has 1 aromatic rings. The zero-order valence-electron chi connectivity index (χ0n) is 23.6. The lowest BCUT2D eigenvalue weighted by Crippen LogP contribution is -2.32. The van der Waals surface area contributed by atoms with Crippen molar-refractivity contribution in [3.63, 3.8) is 0 Å². The van der Waals surface area contributed by atoms with Gasteiger partial charge in [0.05, 0.1) is 0 Å². The molecule has 0 radical (unpaired) electrons. The molecule has 0 spiro atoms. The van der Waals surface area contributed by atoms with Gasteiger partial charge in [-0.2, -0.15) is 0 Å². The van der Waals surface area contributed by atoms with E-state index in [1.165, 1.54) is 173 Å². The summed E-state index contributed by atoms with van der Waals surface area (Å²) in [6.45, 7) is 5.79. The van der Waals surface area contributed by atoms with Crippen LogP contribution in [0.1, 0.15) is 174 Å². The van der Waals surface area contributed by atoms with E-state index < -0.39 is 0 Å². The van der Waals surface area contributed by atoms with Gasteiger partial charge in [0.1, 0.15) is 6.54 Å². The highest BCUT2D eigenvalue weighted by atomic mass is 14.9.